The van der Waals surface area contributed by atoms with E-state index in [0.29, 0.717) is 12.2 Å². The molecular weight excluding hydrogens is 414 g/mol. The van der Waals surface area contributed by atoms with E-state index >= 15 is 0 Å². The van der Waals surface area contributed by atoms with E-state index in [4.69, 9.17) is 4.74 Å². The second-order valence-electron chi connectivity index (χ2n) is 7.87. The zero-order valence-corrected chi connectivity index (χ0v) is 18.7. The van der Waals surface area contributed by atoms with Gasteiger partial charge in [-0.05, 0) is 71.3 Å². The van der Waals surface area contributed by atoms with Gasteiger partial charge in [-0.3, -0.25) is 0 Å². The number of ether oxygens (including phenoxy) is 1. The summed E-state index contributed by atoms with van der Waals surface area (Å²) >= 11 is 0. The first kappa shape index (κ1) is 22.5. The molecule has 4 aromatic rings. The Bertz CT molecular complexity index is 1240. The molecule has 33 heavy (non-hydrogen) atoms. The lowest BCUT2D eigenvalue weighted by atomic mass is 9.97. The summed E-state index contributed by atoms with van der Waals surface area (Å²) in [5, 5.41) is 0. The maximum atomic E-state index is 15.0. The van der Waals surface area contributed by atoms with Crippen LogP contribution < -0.4 is 4.74 Å². The maximum absolute atomic E-state index is 15.0. The molecule has 4 rings (SSSR count). The average molecular weight is 441 g/mol. The molecule has 0 spiro atoms. The average Bonchev–Trinajstić information content (AvgIpc) is 2.84. The molecule has 0 aliphatic carbocycles. The second kappa shape index (κ2) is 10.3. The number of rotatable bonds is 8. The number of benzene rings is 4. The molecule has 0 aliphatic rings. The van der Waals surface area contributed by atoms with Gasteiger partial charge in [-0.1, -0.05) is 72.8 Å². The van der Waals surface area contributed by atoms with Crippen LogP contribution in [0.25, 0.3) is 33.4 Å². The lowest BCUT2D eigenvalue weighted by Gasteiger charge is -2.10. The Labute approximate surface area is 194 Å². The summed E-state index contributed by atoms with van der Waals surface area (Å²) in [4.78, 5) is 0. The highest BCUT2D eigenvalue weighted by atomic mass is 19.1. The van der Waals surface area contributed by atoms with Crippen LogP contribution in [0.5, 0.6) is 5.75 Å². The number of allylic oxidation sites excluding steroid dienone is 1. The molecular formula is C30H26F2O. The molecule has 0 unspecified atom stereocenters. The fourth-order valence-electron chi connectivity index (χ4n) is 3.86. The monoisotopic (exact) mass is 440 g/mol. The molecule has 0 aliphatic heterocycles. The van der Waals surface area contributed by atoms with Crippen molar-refractivity contribution in [1.29, 1.82) is 0 Å². The molecule has 0 amide bonds. The van der Waals surface area contributed by atoms with E-state index < -0.39 is 5.82 Å². The van der Waals surface area contributed by atoms with E-state index in [2.05, 4.69) is 18.7 Å². The minimum atomic E-state index is -0.395. The van der Waals surface area contributed by atoms with Crippen LogP contribution in [0.3, 0.4) is 0 Å². The summed E-state index contributed by atoms with van der Waals surface area (Å²) in [6.45, 7) is 5.99. The van der Waals surface area contributed by atoms with Crippen molar-refractivity contribution in [3.05, 3.63) is 115 Å². The largest absolute Gasteiger partial charge is 0.491 e. The maximum Gasteiger partial charge on any atom is 0.165 e. The predicted molar refractivity (Wildman–Crippen MR) is 132 cm³/mol. The fourth-order valence-corrected chi connectivity index (χ4v) is 3.86. The highest BCUT2D eigenvalue weighted by Gasteiger charge is 2.10. The molecule has 3 heteroatoms. The zero-order valence-electron chi connectivity index (χ0n) is 18.7. The van der Waals surface area contributed by atoms with Crippen LogP contribution in [0.4, 0.5) is 8.78 Å². The first-order chi connectivity index (χ1) is 16.1. The molecule has 0 fully saturated rings. The summed E-state index contributed by atoms with van der Waals surface area (Å²) < 4.78 is 34.4. The molecule has 166 valence electrons. The highest BCUT2D eigenvalue weighted by Crippen LogP contribution is 2.31. The molecule has 1 nitrogen and oxygen atoms in total. The van der Waals surface area contributed by atoms with E-state index in [0.717, 1.165) is 40.7 Å². The Morgan fingerprint density at radius 2 is 1.24 bits per heavy atom. The smallest absolute Gasteiger partial charge is 0.165 e. The number of aryl methyl sites for hydroxylation is 1. The summed E-state index contributed by atoms with van der Waals surface area (Å²) in [6.07, 6.45) is 3.80. The van der Waals surface area contributed by atoms with Gasteiger partial charge in [0.15, 0.2) is 11.6 Å². The molecule has 0 radical (unpaired) electrons. The van der Waals surface area contributed by atoms with Crippen molar-refractivity contribution in [2.75, 3.05) is 6.61 Å². The summed E-state index contributed by atoms with van der Waals surface area (Å²) in [7, 11) is 0. The molecule has 0 saturated carbocycles. The minimum absolute atomic E-state index is 0.242. The first-order valence-corrected chi connectivity index (χ1v) is 11.1. The third-order valence-electron chi connectivity index (χ3n) is 5.65. The van der Waals surface area contributed by atoms with Gasteiger partial charge in [0.1, 0.15) is 5.82 Å². The van der Waals surface area contributed by atoms with Gasteiger partial charge in [0.25, 0.3) is 0 Å². The van der Waals surface area contributed by atoms with Crippen molar-refractivity contribution in [2.45, 2.75) is 19.8 Å². The Kier molecular flexibility index (Phi) is 6.99. The third kappa shape index (κ3) is 5.20. The Morgan fingerprint density at radius 1 is 0.697 bits per heavy atom. The standard InChI is InChI=1S/C30H26F2O/c1-3-5-6-21-7-9-22(10-8-21)25-15-17-27(28(31)19-25)24-13-11-23(12-14-24)26-16-18-30(33-4-2)29(32)20-26/h3,7-20H,1,4-6H2,2H3. The molecule has 0 atom stereocenters. The number of hydrogen-bond acceptors (Lipinski definition) is 1. The van der Waals surface area contributed by atoms with Crippen LogP contribution >= 0.6 is 0 Å². The van der Waals surface area contributed by atoms with Gasteiger partial charge in [-0.25, -0.2) is 8.78 Å². The molecule has 0 N–H and O–H groups in total. The second-order valence-corrected chi connectivity index (χ2v) is 7.87. The molecule has 4 aromatic carbocycles. The predicted octanol–water partition coefficient (Wildman–Crippen LogP) is 8.48. The topological polar surface area (TPSA) is 9.23 Å². The van der Waals surface area contributed by atoms with Gasteiger partial charge in [0.2, 0.25) is 0 Å². The van der Waals surface area contributed by atoms with Crippen molar-refractivity contribution >= 4 is 0 Å². The number of halogens is 2. The number of hydrogen-bond donors (Lipinski definition) is 0. The first-order valence-electron chi connectivity index (χ1n) is 11.1. The van der Waals surface area contributed by atoms with E-state index in [9.17, 15) is 8.78 Å². The summed E-state index contributed by atoms with van der Waals surface area (Å²) in [5.41, 5.74) is 5.97. The molecule has 0 aromatic heterocycles. The molecule has 0 heterocycles. The van der Waals surface area contributed by atoms with E-state index in [1.807, 2.05) is 67.6 Å². The van der Waals surface area contributed by atoms with Gasteiger partial charge in [0, 0.05) is 5.56 Å². The van der Waals surface area contributed by atoms with Crippen LogP contribution in [0.1, 0.15) is 18.9 Å². The Balaban J connectivity index is 1.54. The van der Waals surface area contributed by atoms with Gasteiger partial charge in [-0.15, -0.1) is 6.58 Å². The third-order valence-corrected chi connectivity index (χ3v) is 5.65. The quantitative estimate of drug-likeness (QED) is 0.250. The Hall–Kier alpha value is -3.72. The van der Waals surface area contributed by atoms with Crippen LogP contribution in [-0.2, 0) is 6.42 Å². The van der Waals surface area contributed by atoms with Gasteiger partial charge < -0.3 is 4.74 Å². The zero-order chi connectivity index (χ0) is 23.2. The summed E-state index contributed by atoms with van der Waals surface area (Å²) in [5.74, 6) is -0.427. The van der Waals surface area contributed by atoms with Crippen LogP contribution in [0.15, 0.2) is 97.6 Å². The van der Waals surface area contributed by atoms with Gasteiger partial charge in [0.05, 0.1) is 6.61 Å². The Morgan fingerprint density at radius 3 is 1.82 bits per heavy atom. The highest BCUT2D eigenvalue weighted by molar-refractivity contribution is 5.74. The van der Waals surface area contributed by atoms with Crippen LogP contribution in [-0.4, -0.2) is 6.61 Å². The lowest BCUT2D eigenvalue weighted by Crippen LogP contribution is -1.94. The normalized spacial score (nSPS) is 10.8. The van der Waals surface area contributed by atoms with Gasteiger partial charge >= 0.3 is 0 Å². The van der Waals surface area contributed by atoms with E-state index in [-0.39, 0.29) is 11.6 Å². The lowest BCUT2D eigenvalue weighted by molar-refractivity contribution is 0.321. The fraction of sp³-hybridized carbons (Fsp3) is 0.133. The van der Waals surface area contributed by atoms with Crippen molar-refractivity contribution in [3.8, 4) is 39.1 Å². The van der Waals surface area contributed by atoms with E-state index in [1.165, 1.54) is 11.6 Å². The van der Waals surface area contributed by atoms with Crippen LogP contribution in [0, 0.1) is 11.6 Å². The summed E-state index contributed by atoms with van der Waals surface area (Å²) in [6, 6.07) is 25.9. The van der Waals surface area contributed by atoms with Crippen molar-refractivity contribution in [1.82, 2.24) is 0 Å². The van der Waals surface area contributed by atoms with Crippen LogP contribution in [0.2, 0.25) is 0 Å². The van der Waals surface area contributed by atoms with E-state index in [1.54, 1.807) is 12.1 Å². The molecule has 0 bridgehead atoms. The SMILES string of the molecule is C=CCCc1ccc(-c2ccc(-c3ccc(-c4ccc(OCC)c(F)c4)cc3)c(F)c2)cc1. The minimum Gasteiger partial charge on any atom is -0.491 e. The van der Waals surface area contributed by atoms with Crippen molar-refractivity contribution in [2.24, 2.45) is 0 Å². The van der Waals surface area contributed by atoms with Crippen molar-refractivity contribution in [3.63, 3.8) is 0 Å². The molecule has 0 saturated heterocycles. The van der Waals surface area contributed by atoms with Gasteiger partial charge in [-0.2, -0.15) is 0 Å². The van der Waals surface area contributed by atoms with Crippen molar-refractivity contribution < 1.29 is 13.5 Å².